The molecule has 0 fully saturated rings. The molecule has 4 heteroatoms. The van der Waals surface area contributed by atoms with Crippen LogP contribution in [0, 0.1) is 5.82 Å². The van der Waals surface area contributed by atoms with Crippen LogP contribution in [0.5, 0.6) is 0 Å². The van der Waals surface area contributed by atoms with Gasteiger partial charge < -0.3 is 0 Å². The lowest BCUT2D eigenvalue weighted by Crippen LogP contribution is -2.01. The summed E-state index contributed by atoms with van der Waals surface area (Å²) in [4.78, 5) is 3.88. The molecule has 1 atom stereocenters. The van der Waals surface area contributed by atoms with Crippen molar-refractivity contribution in [3.8, 4) is 0 Å². The number of allylic oxidation sites excluding steroid dienone is 1. The van der Waals surface area contributed by atoms with Crippen LogP contribution in [0.1, 0.15) is 18.5 Å². The van der Waals surface area contributed by atoms with Crippen LogP contribution in [0.25, 0.3) is 6.08 Å². The fourth-order valence-electron chi connectivity index (χ4n) is 1.34. The highest BCUT2D eigenvalue weighted by Gasteiger charge is 1.99. The molecule has 0 N–H and O–H groups in total. The van der Waals surface area contributed by atoms with Gasteiger partial charge >= 0.3 is 0 Å². The second-order valence-electron chi connectivity index (χ2n) is 3.53. The number of halogens is 1. The molecule has 1 unspecified atom stereocenters. The average molecular weight is 217 g/mol. The smallest absolute Gasteiger partial charge is 0.137 e. The summed E-state index contributed by atoms with van der Waals surface area (Å²) in [6.07, 6.45) is 7.09. The first-order valence-electron chi connectivity index (χ1n) is 5.03. The van der Waals surface area contributed by atoms with Gasteiger partial charge in [-0.05, 0) is 24.6 Å². The van der Waals surface area contributed by atoms with Crippen molar-refractivity contribution >= 4 is 6.08 Å². The summed E-state index contributed by atoms with van der Waals surface area (Å²) in [6, 6.07) is 6.49. The van der Waals surface area contributed by atoms with Gasteiger partial charge in [-0.1, -0.05) is 24.3 Å². The van der Waals surface area contributed by atoms with Crippen molar-refractivity contribution in [1.82, 2.24) is 14.8 Å². The van der Waals surface area contributed by atoms with E-state index >= 15 is 0 Å². The van der Waals surface area contributed by atoms with Crippen molar-refractivity contribution in [3.05, 3.63) is 54.4 Å². The summed E-state index contributed by atoms with van der Waals surface area (Å²) < 4.78 is 14.4. The first-order chi connectivity index (χ1) is 7.75. The summed E-state index contributed by atoms with van der Waals surface area (Å²) in [5, 5.41) is 4.04. The molecule has 1 aromatic carbocycles. The molecular weight excluding hydrogens is 205 g/mol. The van der Waals surface area contributed by atoms with Crippen LogP contribution < -0.4 is 0 Å². The number of hydrogen-bond acceptors (Lipinski definition) is 2. The van der Waals surface area contributed by atoms with Crippen molar-refractivity contribution in [1.29, 1.82) is 0 Å². The summed E-state index contributed by atoms with van der Waals surface area (Å²) in [6.45, 7) is 2.01. The van der Waals surface area contributed by atoms with Gasteiger partial charge in [0.1, 0.15) is 18.5 Å². The van der Waals surface area contributed by atoms with Crippen LogP contribution in [-0.4, -0.2) is 14.8 Å². The van der Waals surface area contributed by atoms with Gasteiger partial charge in [0, 0.05) is 0 Å². The third-order valence-electron chi connectivity index (χ3n) is 2.29. The Hall–Kier alpha value is -1.97. The molecule has 16 heavy (non-hydrogen) atoms. The van der Waals surface area contributed by atoms with Crippen LogP contribution in [0.4, 0.5) is 4.39 Å². The first-order valence-corrected chi connectivity index (χ1v) is 5.03. The Morgan fingerprint density at radius 3 is 2.69 bits per heavy atom. The Kier molecular flexibility index (Phi) is 3.10. The minimum absolute atomic E-state index is 0.132. The lowest BCUT2D eigenvalue weighted by molar-refractivity contribution is 0.581. The second-order valence-corrected chi connectivity index (χ2v) is 3.53. The zero-order valence-corrected chi connectivity index (χ0v) is 8.92. The first kappa shape index (κ1) is 10.5. The zero-order valence-electron chi connectivity index (χ0n) is 8.92. The summed E-state index contributed by atoms with van der Waals surface area (Å²) in [7, 11) is 0. The van der Waals surface area contributed by atoms with E-state index in [0.29, 0.717) is 0 Å². The van der Waals surface area contributed by atoms with E-state index in [1.165, 1.54) is 18.5 Å². The normalized spacial score (nSPS) is 13.1. The molecule has 0 radical (unpaired) electrons. The standard InChI is InChI=1S/C12H12FN3/c1-10(16-9-14-8-15-16)2-3-11-4-6-12(13)7-5-11/h2-10H,1H3/b3-2+. The predicted octanol–water partition coefficient (Wildman–Crippen LogP) is 2.69. The monoisotopic (exact) mass is 217 g/mol. The van der Waals surface area contributed by atoms with Crippen molar-refractivity contribution in [2.24, 2.45) is 0 Å². The molecule has 2 aromatic rings. The predicted molar refractivity (Wildman–Crippen MR) is 60.2 cm³/mol. The quantitative estimate of drug-likeness (QED) is 0.791. The van der Waals surface area contributed by atoms with Gasteiger partial charge in [-0.3, -0.25) is 0 Å². The van der Waals surface area contributed by atoms with Crippen LogP contribution >= 0.6 is 0 Å². The summed E-state index contributed by atoms with van der Waals surface area (Å²) in [5.74, 6) is -0.221. The number of nitrogens with zero attached hydrogens (tertiary/aromatic N) is 3. The molecule has 0 saturated carbocycles. The van der Waals surface area contributed by atoms with Crippen molar-refractivity contribution < 1.29 is 4.39 Å². The third-order valence-corrected chi connectivity index (χ3v) is 2.29. The van der Waals surface area contributed by atoms with Crippen LogP contribution in [-0.2, 0) is 0 Å². The molecule has 0 spiro atoms. The molecule has 1 heterocycles. The van der Waals surface area contributed by atoms with Gasteiger partial charge in [-0.2, -0.15) is 5.10 Å². The van der Waals surface area contributed by atoms with Gasteiger partial charge in [0.15, 0.2) is 0 Å². The average Bonchev–Trinajstić information content (AvgIpc) is 2.81. The van der Waals surface area contributed by atoms with Crippen LogP contribution in [0.2, 0.25) is 0 Å². The van der Waals surface area contributed by atoms with Gasteiger partial charge in [0.25, 0.3) is 0 Å². The Balaban J connectivity index is 2.07. The minimum Gasteiger partial charge on any atom is -0.246 e. The van der Waals surface area contributed by atoms with Crippen molar-refractivity contribution in [3.63, 3.8) is 0 Å². The maximum atomic E-state index is 12.7. The summed E-state index contributed by atoms with van der Waals surface area (Å²) >= 11 is 0. The van der Waals surface area contributed by atoms with E-state index in [1.807, 2.05) is 19.1 Å². The molecule has 0 aliphatic rings. The van der Waals surface area contributed by atoms with E-state index in [1.54, 1.807) is 23.1 Å². The highest BCUT2D eigenvalue weighted by Crippen LogP contribution is 2.09. The second kappa shape index (κ2) is 4.70. The highest BCUT2D eigenvalue weighted by atomic mass is 19.1. The fraction of sp³-hybridized carbons (Fsp3) is 0.167. The van der Waals surface area contributed by atoms with E-state index in [0.717, 1.165) is 5.56 Å². The Bertz CT molecular complexity index is 460. The lowest BCUT2D eigenvalue weighted by atomic mass is 10.2. The van der Waals surface area contributed by atoms with Crippen molar-refractivity contribution in [2.45, 2.75) is 13.0 Å². The molecule has 82 valence electrons. The van der Waals surface area contributed by atoms with Crippen LogP contribution in [0.3, 0.4) is 0 Å². The Morgan fingerprint density at radius 1 is 1.31 bits per heavy atom. The van der Waals surface area contributed by atoms with Crippen LogP contribution in [0.15, 0.2) is 43.0 Å². The zero-order chi connectivity index (χ0) is 11.4. The fourth-order valence-corrected chi connectivity index (χ4v) is 1.34. The molecule has 0 bridgehead atoms. The lowest BCUT2D eigenvalue weighted by Gasteiger charge is -2.04. The molecule has 0 saturated heterocycles. The number of rotatable bonds is 3. The van der Waals surface area contributed by atoms with E-state index in [-0.39, 0.29) is 11.9 Å². The minimum atomic E-state index is -0.221. The molecule has 0 aliphatic heterocycles. The van der Waals surface area contributed by atoms with Gasteiger partial charge in [0.2, 0.25) is 0 Å². The van der Waals surface area contributed by atoms with E-state index in [2.05, 4.69) is 10.1 Å². The number of aromatic nitrogens is 3. The third kappa shape index (κ3) is 2.53. The van der Waals surface area contributed by atoms with E-state index < -0.39 is 0 Å². The topological polar surface area (TPSA) is 30.7 Å². The van der Waals surface area contributed by atoms with Gasteiger partial charge in [-0.15, -0.1) is 0 Å². The van der Waals surface area contributed by atoms with Gasteiger partial charge in [0.05, 0.1) is 6.04 Å². The molecule has 2 rings (SSSR count). The maximum absolute atomic E-state index is 12.7. The summed E-state index contributed by atoms with van der Waals surface area (Å²) in [5.41, 5.74) is 0.966. The van der Waals surface area contributed by atoms with E-state index in [4.69, 9.17) is 0 Å². The SMILES string of the molecule is CC(/C=C/c1ccc(F)cc1)n1cncn1. The molecule has 0 amide bonds. The molecule has 3 nitrogen and oxygen atoms in total. The number of hydrogen-bond donors (Lipinski definition) is 0. The van der Waals surface area contributed by atoms with Gasteiger partial charge in [-0.25, -0.2) is 14.1 Å². The van der Waals surface area contributed by atoms with Crippen molar-refractivity contribution in [2.75, 3.05) is 0 Å². The largest absolute Gasteiger partial charge is 0.246 e. The Labute approximate surface area is 93.3 Å². The van der Waals surface area contributed by atoms with E-state index in [9.17, 15) is 4.39 Å². The number of benzene rings is 1. The highest BCUT2D eigenvalue weighted by molar-refractivity contribution is 5.49. The maximum Gasteiger partial charge on any atom is 0.137 e. The Morgan fingerprint density at radius 2 is 2.06 bits per heavy atom. The molecular formula is C12H12FN3. The molecule has 0 aliphatic carbocycles. The molecule has 1 aromatic heterocycles.